The van der Waals surface area contributed by atoms with Gasteiger partial charge in [-0.2, -0.15) is 0 Å². The fraction of sp³-hybridized carbons (Fsp3) is 0.364. The summed E-state index contributed by atoms with van der Waals surface area (Å²) in [5.41, 5.74) is 1.99. The lowest BCUT2D eigenvalue weighted by molar-refractivity contribution is -0.133. The lowest BCUT2D eigenvalue weighted by Gasteiger charge is -2.21. The molecule has 28 heavy (non-hydrogen) atoms. The Bertz CT molecular complexity index is 863. The minimum absolute atomic E-state index is 0.0172. The summed E-state index contributed by atoms with van der Waals surface area (Å²) in [6.07, 6.45) is 0.936. The maximum Gasteiger partial charge on any atom is 0.260 e. The molecule has 0 bridgehead atoms. The summed E-state index contributed by atoms with van der Waals surface area (Å²) >= 11 is 0. The lowest BCUT2D eigenvalue weighted by atomic mass is 10.1. The van der Waals surface area contributed by atoms with Gasteiger partial charge in [0.1, 0.15) is 11.5 Å². The largest absolute Gasteiger partial charge is 0.496 e. The van der Waals surface area contributed by atoms with Gasteiger partial charge in [-0.05, 0) is 42.7 Å². The van der Waals surface area contributed by atoms with E-state index in [0.717, 1.165) is 12.0 Å². The van der Waals surface area contributed by atoms with E-state index < -0.39 is 0 Å². The highest BCUT2D eigenvalue weighted by molar-refractivity contribution is 6.06. The Labute approximate surface area is 165 Å². The van der Waals surface area contributed by atoms with Crippen LogP contribution in [-0.4, -0.2) is 37.0 Å². The van der Waals surface area contributed by atoms with Crippen molar-refractivity contribution in [3.05, 3.63) is 53.6 Å². The van der Waals surface area contributed by atoms with Crippen molar-refractivity contribution in [3.8, 4) is 11.5 Å². The number of hydrogen-bond acceptors (Lipinski definition) is 4. The molecule has 0 radical (unpaired) electrons. The Kier molecular flexibility index (Phi) is 6.19. The van der Waals surface area contributed by atoms with Crippen LogP contribution in [0.15, 0.2) is 42.5 Å². The Morgan fingerprint density at radius 3 is 2.79 bits per heavy atom. The van der Waals surface area contributed by atoms with Gasteiger partial charge in [0, 0.05) is 24.3 Å². The van der Waals surface area contributed by atoms with Crippen LogP contribution in [0.25, 0.3) is 0 Å². The number of carbonyl (C=O) groups is 2. The fourth-order valence-electron chi connectivity index (χ4n) is 3.09. The van der Waals surface area contributed by atoms with Gasteiger partial charge in [0.25, 0.3) is 11.8 Å². The Balaban J connectivity index is 1.78. The fourth-order valence-corrected chi connectivity index (χ4v) is 3.09. The highest BCUT2D eigenvalue weighted by Gasteiger charge is 2.22. The minimum Gasteiger partial charge on any atom is -0.496 e. The quantitative estimate of drug-likeness (QED) is 0.827. The molecule has 0 atom stereocenters. The predicted molar refractivity (Wildman–Crippen MR) is 108 cm³/mol. The summed E-state index contributed by atoms with van der Waals surface area (Å²) in [7, 11) is 1.54. The van der Waals surface area contributed by atoms with Crippen molar-refractivity contribution in [1.82, 2.24) is 4.90 Å². The number of benzene rings is 2. The second-order valence-corrected chi connectivity index (χ2v) is 7.26. The predicted octanol–water partition coefficient (Wildman–Crippen LogP) is 3.71. The molecule has 0 fully saturated rings. The zero-order chi connectivity index (χ0) is 20.1. The van der Waals surface area contributed by atoms with Crippen molar-refractivity contribution >= 4 is 17.5 Å². The van der Waals surface area contributed by atoms with Crippen molar-refractivity contribution in [2.45, 2.75) is 26.8 Å². The Morgan fingerprint density at radius 1 is 1.25 bits per heavy atom. The molecule has 0 saturated carbocycles. The maximum absolute atomic E-state index is 12.6. The van der Waals surface area contributed by atoms with E-state index in [-0.39, 0.29) is 18.4 Å². The first-order chi connectivity index (χ1) is 13.5. The van der Waals surface area contributed by atoms with E-state index >= 15 is 0 Å². The van der Waals surface area contributed by atoms with Crippen molar-refractivity contribution in [2.24, 2.45) is 5.92 Å². The van der Waals surface area contributed by atoms with Gasteiger partial charge in [0.2, 0.25) is 0 Å². The van der Waals surface area contributed by atoms with Crippen molar-refractivity contribution in [3.63, 3.8) is 0 Å². The molecule has 2 amide bonds. The molecule has 0 spiro atoms. The molecule has 2 aromatic rings. The monoisotopic (exact) mass is 382 g/mol. The molecular formula is C22H26N2O4. The van der Waals surface area contributed by atoms with E-state index in [0.29, 0.717) is 41.8 Å². The van der Waals surface area contributed by atoms with Crippen LogP contribution in [0.3, 0.4) is 0 Å². The number of methoxy groups -OCH3 is 1. The molecule has 148 valence electrons. The summed E-state index contributed by atoms with van der Waals surface area (Å²) < 4.78 is 10.9. The topological polar surface area (TPSA) is 67.9 Å². The molecule has 1 N–H and O–H groups in total. The average molecular weight is 382 g/mol. The number of hydrogen-bond donors (Lipinski definition) is 1. The molecule has 0 unspecified atom stereocenters. The number of anilines is 1. The van der Waals surface area contributed by atoms with E-state index in [2.05, 4.69) is 19.2 Å². The third-order valence-corrected chi connectivity index (χ3v) is 4.71. The standard InChI is InChI=1S/C22H26N2O4/c1-15(2)10-11-24-13-16-12-17(8-9-19(16)28-14-21(24)25)23-22(26)18-6-4-5-7-20(18)27-3/h4-9,12,15H,10-11,13-14H2,1-3H3,(H,23,26). The number of ether oxygens (including phenoxy) is 2. The van der Waals surface area contributed by atoms with Crippen LogP contribution in [-0.2, 0) is 11.3 Å². The van der Waals surface area contributed by atoms with Crippen LogP contribution in [0.2, 0.25) is 0 Å². The van der Waals surface area contributed by atoms with Crippen molar-refractivity contribution in [2.75, 3.05) is 25.6 Å². The van der Waals surface area contributed by atoms with E-state index in [1.807, 2.05) is 17.0 Å². The zero-order valence-corrected chi connectivity index (χ0v) is 16.5. The molecule has 0 aromatic heterocycles. The van der Waals surface area contributed by atoms with Crippen LogP contribution in [0.5, 0.6) is 11.5 Å². The summed E-state index contributed by atoms with van der Waals surface area (Å²) in [4.78, 5) is 26.8. The molecule has 2 aromatic carbocycles. The molecule has 6 nitrogen and oxygen atoms in total. The molecule has 0 saturated heterocycles. The Morgan fingerprint density at radius 2 is 2.04 bits per heavy atom. The van der Waals surface area contributed by atoms with E-state index in [4.69, 9.17) is 9.47 Å². The first-order valence-electron chi connectivity index (χ1n) is 9.45. The van der Waals surface area contributed by atoms with Gasteiger partial charge in [-0.15, -0.1) is 0 Å². The maximum atomic E-state index is 12.6. The van der Waals surface area contributed by atoms with Gasteiger partial charge >= 0.3 is 0 Å². The van der Waals surface area contributed by atoms with Crippen molar-refractivity contribution in [1.29, 1.82) is 0 Å². The number of fused-ring (bicyclic) bond motifs is 1. The SMILES string of the molecule is COc1ccccc1C(=O)Nc1ccc2c(c1)CN(CCC(C)C)C(=O)CO2. The number of nitrogens with one attached hydrogen (secondary N) is 1. The number of nitrogens with zero attached hydrogens (tertiary/aromatic N) is 1. The highest BCUT2D eigenvalue weighted by Crippen LogP contribution is 2.28. The second kappa shape index (κ2) is 8.78. The van der Waals surface area contributed by atoms with Gasteiger partial charge in [-0.1, -0.05) is 26.0 Å². The van der Waals surface area contributed by atoms with Gasteiger partial charge in [-0.25, -0.2) is 0 Å². The van der Waals surface area contributed by atoms with Crippen molar-refractivity contribution < 1.29 is 19.1 Å². The number of rotatable bonds is 6. The van der Waals surface area contributed by atoms with Crippen LogP contribution in [0.1, 0.15) is 36.2 Å². The smallest absolute Gasteiger partial charge is 0.260 e. The Hall–Kier alpha value is -3.02. The van der Waals surface area contributed by atoms with Crippen LogP contribution in [0.4, 0.5) is 5.69 Å². The van der Waals surface area contributed by atoms with Gasteiger partial charge in [0.15, 0.2) is 6.61 Å². The van der Waals surface area contributed by atoms with Crippen LogP contribution < -0.4 is 14.8 Å². The molecule has 1 aliphatic heterocycles. The van der Waals surface area contributed by atoms with Gasteiger partial charge < -0.3 is 19.7 Å². The van der Waals surface area contributed by atoms with Gasteiger partial charge in [0.05, 0.1) is 12.7 Å². The lowest BCUT2D eigenvalue weighted by Crippen LogP contribution is -2.33. The average Bonchev–Trinajstić information content (AvgIpc) is 2.84. The summed E-state index contributed by atoms with van der Waals surface area (Å²) in [6, 6.07) is 12.5. The minimum atomic E-state index is -0.250. The summed E-state index contributed by atoms with van der Waals surface area (Å²) in [6.45, 7) is 5.48. The number of carbonyl (C=O) groups excluding carboxylic acids is 2. The number of amides is 2. The summed E-state index contributed by atoms with van der Waals surface area (Å²) in [5, 5.41) is 2.90. The van der Waals surface area contributed by atoms with E-state index in [1.165, 1.54) is 7.11 Å². The first-order valence-corrected chi connectivity index (χ1v) is 9.45. The molecule has 3 rings (SSSR count). The first kappa shape index (κ1) is 19.7. The zero-order valence-electron chi connectivity index (χ0n) is 16.5. The van der Waals surface area contributed by atoms with Crippen LogP contribution >= 0.6 is 0 Å². The number of para-hydroxylation sites is 1. The molecule has 6 heteroatoms. The van der Waals surface area contributed by atoms with Crippen LogP contribution in [0, 0.1) is 5.92 Å². The normalized spacial score (nSPS) is 13.6. The highest BCUT2D eigenvalue weighted by atomic mass is 16.5. The molecule has 1 heterocycles. The van der Waals surface area contributed by atoms with E-state index in [1.54, 1.807) is 30.3 Å². The van der Waals surface area contributed by atoms with E-state index in [9.17, 15) is 9.59 Å². The molecule has 1 aliphatic rings. The molecule has 0 aliphatic carbocycles. The second-order valence-electron chi connectivity index (χ2n) is 7.26. The third-order valence-electron chi connectivity index (χ3n) is 4.71. The summed E-state index contributed by atoms with van der Waals surface area (Å²) in [5.74, 6) is 1.44. The molecular weight excluding hydrogens is 356 g/mol. The van der Waals surface area contributed by atoms with Gasteiger partial charge in [-0.3, -0.25) is 9.59 Å². The third kappa shape index (κ3) is 4.63.